The zero-order valence-corrected chi connectivity index (χ0v) is 11.4. The van der Waals surface area contributed by atoms with E-state index in [0.29, 0.717) is 6.42 Å². The molecule has 0 unspecified atom stereocenters. The summed E-state index contributed by atoms with van der Waals surface area (Å²) in [5, 5.41) is 2.82. The summed E-state index contributed by atoms with van der Waals surface area (Å²) in [5.74, 6) is -0.115. The van der Waals surface area contributed by atoms with Crippen molar-refractivity contribution in [3.63, 3.8) is 0 Å². The second kappa shape index (κ2) is 7.88. The van der Waals surface area contributed by atoms with Crippen LogP contribution < -0.4 is 11.1 Å². The highest BCUT2D eigenvalue weighted by Crippen LogP contribution is 2.12. The third-order valence-electron chi connectivity index (χ3n) is 3.07. The van der Waals surface area contributed by atoms with Gasteiger partial charge in [-0.3, -0.25) is 4.79 Å². The van der Waals surface area contributed by atoms with E-state index in [1.54, 1.807) is 0 Å². The first-order valence-corrected chi connectivity index (χ1v) is 6.82. The molecule has 100 valence electrons. The Morgan fingerprint density at radius 2 is 1.89 bits per heavy atom. The van der Waals surface area contributed by atoms with Crippen molar-refractivity contribution in [3.8, 4) is 0 Å². The minimum atomic E-state index is -0.422. The highest BCUT2D eigenvalue weighted by Gasteiger charge is 2.10. The number of anilines is 1. The molecule has 3 nitrogen and oxygen atoms in total. The lowest BCUT2D eigenvalue weighted by atomic mass is 10.1. The summed E-state index contributed by atoms with van der Waals surface area (Å²) in [6.45, 7) is 4.11. The van der Waals surface area contributed by atoms with Gasteiger partial charge >= 0.3 is 0 Å². The van der Waals surface area contributed by atoms with Gasteiger partial charge in [-0.25, -0.2) is 0 Å². The van der Waals surface area contributed by atoms with Crippen LogP contribution in [0.15, 0.2) is 24.3 Å². The van der Waals surface area contributed by atoms with Crippen LogP contribution in [-0.4, -0.2) is 11.9 Å². The summed E-state index contributed by atoms with van der Waals surface area (Å²) in [4.78, 5) is 11.6. The van der Waals surface area contributed by atoms with E-state index in [-0.39, 0.29) is 5.91 Å². The molecular formula is C15H24N2O. The predicted molar refractivity (Wildman–Crippen MR) is 76.6 cm³/mol. The van der Waals surface area contributed by atoms with Crippen molar-refractivity contribution in [2.75, 3.05) is 5.32 Å². The lowest BCUT2D eigenvalue weighted by molar-refractivity contribution is -0.117. The van der Waals surface area contributed by atoms with Gasteiger partial charge in [0.1, 0.15) is 0 Å². The third kappa shape index (κ3) is 4.88. The van der Waals surface area contributed by atoms with E-state index in [0.717, 1.165) is 12.1 Å². The van der Waals surface area contributed by atoms with Crippen LogP contribution in [0, 0.1) is 0 Å². The van der Waals surface area contributed by atoms with Crippen molar-refractivity contribution >= 4 is 11.6 Å². The Morgan fingerprint density at radius 3 is 2.44 bits per heavy atom. The molecule has 1 amide bonds. The highest BCUT2D eigenvalue weighted by molar-refractivity contribution is 5.94. The number of carbonyl (C=O) groups excluding carboxylic acids is 1. The number of nitrogens with two attached hydrogens (primary N) is 1. The molecule has 0 saturated heterocycles. The third-order valence-corrected chi connectivity index (χ3v) is 3.07. The van der Waals surface area contributed by atoms with Gasteiger partial charge in [-0.1, -0.05) is 38.8 Å². The van der Waals surface area contributed by atoms with Crippen molar-refractivity contribution in [1.82, 2.24) is 0 Å². The maximum absolute atomic E-state index is 11.6. The van der Waals surface area contributed by atoms with Crippen molar-refractivity contribution in [3.05, 3.63) is 29.8 Å². The molecule has 0 spiro atoms. The average Bonchev–Trinajstić information content (AvgIpc) is 2.40. The molecule has 0 fully saturated rings. The topological polar surface area (TPSA) is 55.1 Å². The molecular weight excluding hydrogens is 224 g/mol. The number of aryl methyl sites for hydroxylation is 1. The lowest BCUT2D eigenvalue weighted by Crippen LogP contribution is -2.34. The van der Waals surface area contributed by atoms with Gasteiger partial charge in [-0.2, -0.15) is 0 Å². The zero-order chi connectivity index (χ0) is 13.4. The molecule has 0 radical (unpaired) electrons. The fraction of sp³-hybridized carbons (Fsp3) is 0.533. The van der Waals surface area contributed by atoms with Gasteiger partial charge < -0.3 is 11.1 Å². The average molecular weight is 248 g/mol. The number of unbranched alkanes of at least 4 members (excludes halogenated alkanes) is 2. The number of nitrogens with one attached hydrogen (secondary N) is 1. The molecule has 0 aromatic heterocycles. The minimum absolute atomic E-state index is 0.115. The Labute approximate surface area is 110 Å². The Hall–Kier alpha value is -1.35. The van der Waals surface area contributed by atoms with E-state index in [2.05, 4.69) is 24.4 Å². The molecule has 0 aliphatic heterocycles. The van der Waals surface area contributed by atoms with E-state index in [1.807, 2.05) is 19.1 Å². The lowest BCUT2D eigenvalue weighted by Gasteiger charge is -2.10. The van der Waals surface area contributed by atoms with Crippen LogP contribution in [0.4, 0.5) is 5.69 Å². The molecule has 1 rings (SSSR count). The van der Waals surface area contributed by atoms with Crippen molar-refractivity contribution in [2.24, 2.45) is 5.73 Å². The number of carbonyl (C=O) groups is 1. The molecule has 0 bridgehead atoms. The molecule has 0 aliphatic rings. The molecule has 3 heteroatoms. The van der Waals surface area contributed by atoms with E-state index in [9.17, 15) is 4.79 Å². The van der Waals surface area contributed by atoms with Crippen LogP contribution in [0.3, 0.4) is 0 Å². The molecule has 18 heavy (non-hydrogen) atoms. The quantitative estimate of drug-likeness (QED) is 0.728. The Morgan fingerprint density at radius 1 is 1.22 bits per heavy atom. The van der Waals surface area contributed by atoms with Crippen molar-refractivity contribution < 1.29 is 4.79 Å². The molecule has 1 aromatic carbocycles. The molecule has 0 heterocycles. The van der Waals surface area contributed by atoms with E-state index >= 15 is 0 Å². The number of benzene rings is 1. The number of hydrogen-bond acceptors (Lipinski definition) is 2. The van der Waals surface area contributed by atoms with Gasteiger partial charge in [0, 0.05) is 5.69 Å². The first-order valence-electron chi connectivity index (χ1n) is 6.82. The van der Waals surface area contributed by atoms with Crippen LogP contribution in [0.2, 0.25) is 0 Å². The second-order valence-electron chi connectivity index (χ2n) is 4.66. The van der Waals surface area contributed by atoms with Crippen LogP contribution in [-0.2, 0) is 11.2 Å². The van der Waals surface area contributed by atoms with Crippen LogP contribution >= 0.6 is 0 Å². The summed E-state index contributed by atoms with van der Waals surface area (Å²) in [7, 11) is 0. The van der Waals surface area contributed by atoms with Gasteiger partial charge in [-0.05, 0) is 37.0 Å². The largest absolute Gasteiger partial charge is 0.325 e. The molecule has 0 aliphatic carbocycles. The monoisotopic (exact) mass is 248 g/mol. The van der Waals surface area contributed by atoms with Gasteiger partial charge in [0.15, 0.2) is 0 Å². The fourth-order valence-corrected chi connectivity index (χ4v) is 1.75. The normalized spacial score (nSPS) is 12.2. The highest BCUT2D eigenvalue weighted by atomic mass is 16.2. The summed E-state index contributed by atoms with van der Waals surface area (Å²) in [6.07, 6.45) is 5.49. The smallest absolute Gasteiger partial charge is 0.241 e. The van der Waals surface area contributed by atoms with E-state index < -0.39 is 6.04 Å². The van der Waals surface area contributed by atoms with E-state index in [1.165, 1.54) is 24.8 Å². The van der Waals surface area contributed by atoms with Gasteiger partial charge in [0.05, 0.1) is 6.04 Å². The van der Waals surface area contributed by atoms with Crippen molar-refractivity contribution in [1.29, 1.82) is 0 Å². The first-order chi connectivity index (χ1) is 8.67. The first kappa shape index (κ1) is 14.7. The van der Waals surface area contributed by atoms with Gasteiger partial charge in [0.2, 0.25) is 5.91 Å². The number of rotatable bonds is 7. The standard InChI is InChI=1S/C15H24N2O/c1-3-5-6-7-12-8-10-13(11-9-12)17-15(18)14(16)4-2/h8-11,14H,3-7,16H2,1-2H3,(H,17,18)/t14-/m1/s1. The van der Waals surface area contributed by atoms with Gasteiger partial charge in [-0.15, -0.1) is 0 Å². The summed E-state index contributed by atoms with van der Waals surface area (Å²) >= 11 is 0. The molecule has 1 atom stereocenters. The van der Waals surface area contributed by atoms with Crippen molar-refractivity contribution in [2.45, 2.75) is 52.0 Å². The maximum atomic E-state index is 11.6. The molecule has 1 aromatic rings. The van der Waals surface area contributed by atoms with Crippen LogP contribution in [0.5, 0.6) is 0 Å². The molecule has 0 saturated carbocycles. The number of hydrogen-bond donors (Lipinski definition) is 2. The minimum Gasteiger partial charge on any atom is -0.325 e. The maximum Gasteiger partial charge on any atom is 0.241 e. The Balaban J connectivity index is 2.47. The number of amides is 1. The van der Waals surface area contributed by atoms with Crippen LogP contribution in [0.1, 0.15) is 45.1 Å². The summed E-state index contributed by atoms with van der Waals surface area (Å²) in [5.41, 5.74) is 7.81. The zero-order valence-electron chi connectivity index (χ0n) is 11.4. The molecule has 3 N–H and O–H groups in total. The summed E-state index contributed by atoms with van der Waals surface area (Å²) in [6, 6.07) is 7.61. The summed E-state index contributed by atoms with van der Waals surface area (Å²) < 4.78 is 0. The second-order valence-corrected chi connectivity index (χ2v) is 4.66. The Kier molecular flexibility index (Phi) is 6.44. The van der Waals surface area contributed by atoms with Gasteiger partial charge in [0.25, 0.3) is 0 Å². The fourth-order valence-electron chi connectivity index (χ4n) is 1.75. The van der Waals surface area contributed by atoms with E-state index in [4.69, 9.17) is 5.73 Å². The van der Waals surface area contributed by atoms with Crippen LogP contribution in [0.25, 0.3) is 0 Å². The predicted octanol–water partition coefficient (Wildman–Crippen LogP) is 3.10. The SMILES string of the molecule is CCCCCc1ccc(NC(=O)[C@H](N)CC)cc1. The Bertz CT molecular complexity index is 359.